The van der Waals surface area contributed by atoms with Gasteiger partial charge in [0.1, 0.15) is 5.82 Å². The Hall–Kier alpha value is -3.21. The maximum Gasteiger partial charge on any atom is 0.225 e. The quantitative estimate of drug-likeness (QED) is 0.606. The van der Waals surface area contributed by atoms with Crippen LogP contribution in [0, 0.1) is 19.8 Å². The van der Waals surface area contributed by atoms with Gasteiger partial charge in [0.05, 0.1) is 0 Å². The molecular weight excluding hydrogens is 396 g/mol. The second kappa shape index (κ2) is 8.73. The molecule has 1 saturated heterocycles. The Morgan fingerprint density at radius 2 is 1.69 bits per heavy atom. The molecule has 1 aliphatic carbocycles. The average Bonchev–Trinajstić information content (AvgIpc) is 3.66. The number of benzene rings is 2. The molecule has 0 radical (unpaired) electrons. The first-order valence-corrected chi connectivity index (χ1v) is 11.6. The van der Waals surface area contributed by atoms with E-state index in [0.29, 0.717) is 5.91 Å². The summed E-state index contributed by atoms with van der Waals surface area (Å²) in [5.41, 5.74) is 5.70. The van der Waals surface area contributed by atoms with Gasteiger partial charge in [0.15, 0.2) is 5.82 Å². The molecular formula is C27H30N4O. The predicted molar refractivity (Wildman–Crippen MR) is 128 cm³/mol. The summed E-state index contributed by atoms with van der Waals surface area (Å²) in [4.78, 5) is 26.9. The highest BCUT2D eigenvalue weighted by molar-refractivity contribution is 5.81. The molecule has 0 N–H and O–H groups in total. The molecule has 0 spiro atoms. The van der Waals surface area contributed by atoms with Gasteiger partial charge in [-0.3, -0.25) is 4.79 Å². The Morgan fingerprint density at radius 3 is 2.38 bits per heavy atom. The van der Waals surface area contributed by atoms with Crippen LogP contribution in [0.2, 0.25) is 0 Å². The van der Waals surface area contributed by atoms with E-state index in [4.69, 9.17) is 9.97 Å². The van der Waals surface area contributed by atoms with Crippen LogP contribution < -0.4 is 4.90 Å². The summed E-state index contributed by atoms with van der Waals surface area (Å²) in [6, 6.07) is 18.9. The molecule has 3 aromatic rings. The number of carbonyl (C=O) groups excluding carboxylic acids is 1. The summed E-state index contributed by atoms with van der Waals surface area (Å²) in [5, 5.41) is 0. The van der Waals surface area contributed by atoms with Gasteiger partial charge in [-0.05, 0) is 38.3 Å². The third-order valence-electron chi connectivity index (χ3n) is 6.51. The van der Waals surface area contributed by atoms with E-state index in [-0.39, 0.29) is 5.92 Å². The molecule has 0 unspecified atom stereocenters. The van der Waals surface area contributed by atoms with Crippen LogP contribution in [-0.4, -0.2) is 47.0 Å². The number of aryl methyl sites for hydroxylation is 2. The number of nitrogens with zero attached hydrogens (tertiary/aromatic N) is 4. The van der Waals surface area contributed by atoms with Crippen LogP contribution >= 0.6 is 0 Å². The molecule has 1 aromatic heterocycles. The maximum absolute atomic E-state index is 12.5. The number of aromatic nitrogens is 2. The van der Waals surface area contributed by atoms with Crippen molar-refractivity contribution in [3.05, 3.63) is 77.0 Å². The SMILES string of the molecule is Cc1cccc(-c2nc(C)c(Cc3ccccc3)c(N3CCN(C(=O)C4CC4)CC3)n2)c1. The molecule has 5 nitrogen and oxygen atoms in total. The van der Waals surface area contributed by atoms with E-state index in [2.05, 4.69) is 67.3 Å². The van der Waals surface area contributed by atoms with Crippen LogP contribution in [-0.2, 0) is 11.2 Å². The lowest BCUT2D eigenvalue weighted by Crippen LogP contribution is -2.49. The van der Waals surface area contributed by atoms with Gasteiger partial charge < -0.3 is 9.80 Å². The molecule has 2 heterocycles. The molecule has 32 heavy (non-hydrogen) atoms. The Morgan fingerprint density at radius 1 is 0.938 bits per heavy atom. The van der Waals surface area contributed by atoms with E-state index in [0.717, 1.165) is 68.3 Å². The third-order valence-corrected chi connectivity index (χ3v) is 6.51. The average molecular weight is 427 g/mol. The number of carbonyl (C=O) groups is 1. The minimum atomic E-state index is 0.282. The minimum absolute atomic E-state index is 0.282. The lowest BCUT2D eigenvalue weighted by Gasteiger charge is -2.36. The van der Waals surface area contributed by atoms with E-state index in [1.165, 1.54) is 16.7 Å². The van der Waals surface area contributed by atoms with E-state index < -0.39 is 0 Å². The van der Waals surface area contributed by atoms with Crippen molar-refractivity contribution in [3.63, 3.8) is 0 Å². The molecule has 5 rings (SSSR count). The molecule has 1 saturated carbocycles. The Balaban J connectivity index is 1.48. The van der Waals surface area contributed by atoms with Crippen molar-refractivity contribution in [2.24, 2.45) is 5.92 Å². The summed E-state index contributed by atoms with van der Waals surface area (Å²) >= 11 is 0. The smallest absolute Gasteiger partial charge is 0.225 e. The van der Waals surface area contributed by atoms with Gasteiger partial charge in [-0.15, -0.1) is 0 Å². The fourth-order valence-electron chi connectivity index (χ4n) is 4.49. The summed E-state index contributed by atoms with van der Waals surface area (Å²) in [7, 11) is 0. The van der Waals surface area contributed by atoms with Gasteiger partial charge in [0.2, 0.25) is 5.91 Å². The second-order valence-corrected chi connectivity index (χ2v) is 9.05. The van der Waals surface area contributed by atoms with Crippen LogP contribution in [0.1, 0.15) is 35.2 Å². The molecule has 2 aliphatic rings. The van der Waals surface area contributed by atoms with Crippen LogP contribution in [0.25, 0.3) is 11.4 Å². The first-order valence-electron chi connectivity index (χ1n) is 11.6. The first-order chi connectivity index (χ1) is 15.6. The van der Waals surface area contributed by atoms with Crippen molar-refractivity contribution in [1.29, 1.82) is 0 Å². The molecule has 164 valence electrons. The fourth-order valence-corrected chi connectivity index (χ4v) is 4.49. The van der Waals surface area contributed by atoms with Gasteiger partial charge in [-0.2, -0.15) is 0 Å². The van der Waals surface area contributed by atoms with Crippen molar-refractivity contribution in [2.45, 2.75) is 33.1 Å². The zero-order valence-corrected chi connectivity index (χ0v) is 18.9. The monoisotopic (exact) mass is 426 g/mol. The lowest BCUT2D eigenvalue weighted by atomic mass is 10.0. The van der Waals surface area contributed by atoms with Gasteiger partial charge in [-0.1, -0.05) is 54.1 Å². The topological polar surface area (TPSA) is 49.3 Å². The van der Waals surface area contributed by atoms with E-state index in [1.54, 1.807) is 0 Å². The normalized spacial score (nSPS) is 16.3. The Labute approximate surface area is 190 Å². The standard InChI is InChI=1S/C27H30N4O/c1-19-7-6-10-23(17-19)25-28-20(2)24(18-21-8-4-3-5-9-21)26(29-25)30-13-15-31(16-14-30)27(32)22-11-12-22/h3-10,17,22H,11-16,18H2,1-2H3. The van der Waals surface area contributed by atoms with Crippen molar-refractivity contribution in [1.82, 2.24) is 14.9 Å². The molecule has 2 aromatic carbocycles. The number of anilines is 1. The van der Waals surface area contributed by atoms with Crippen LogP contribution in [0.15, 0.2) is 54.6 Å². The molecule has 5 heteroatoms. The summed E-state index contributed by atoms with van der Waals surface area (Å²) in [5.74, 6) is 2.41. The number of rotatable bonds is 5. The number of amides is 1. The summed E-state index contributed by atoms with van der Waals surface area (Å²) in [6.45, 7) is 7.34. The van der Waals surface area contributed by atoms with Gasteiger partial charge in [0.25, 0.3) is 0 Å². The van der Waals surface area contributed by atoms with Crippen LogP contribution in [0.4, 0.5) is 5.82 Å². The number of hydrogen-bond acceptors (Lipinski definition) is 4. The highest BCUT2D eigenvalue weighted by Gasteiger charge is 2.35. The van der Waals surface area contributed by atoms with Gasteiger partial charge >= 0.3 is 0 Å². The third kappa shape index (κ3) is 4.38. The highest BCUT2D eigenvalue weighted by atomic mass is 16.2. The van der Waals surface area contributed by atoms with Crippen molar-refractivity contribution < 1.29 is 4.79 Å². The minimum Gasteiger partial charge on any atom is -0.353 e. The van der Waals surface area contributed by atoms with Crippen molar-refractivity contribution in [3.8, 4) is 11.4 Å². The van der Waals surface area contributed by atoms with Crippen LogP contribution in [0.5, 0.6) is 0 Å². The molecule has 0 bridgehead atoms. The highest BCUT2D eigenvalue weighted by Crippen LogP contribution is 2.32. The fraction of sp³-hybridized carbons (Fsp3) is 0.370. The Bertz CT molecular complexity index is 1120. The van der Waals surface area contributed by atoms with Gasteiger partial charge in [0, 0.05) is 55.3 Å². The number of piperazine rings is 1. The zero-order valence-electron chi connectivity index (χ0n) is 18.9. The zero-order chi connectivity index (χ0) is 22.1. The maximum atomic E-state index is 12.5. The summed E-state index contributed by atoms with van der Waals surface area (Å²) < 4.78 is 0. The predicted octanol–water partition coefficient (Wildman–Crippen LogP) is 4.41. The Kier molecular flexibility index (Phi) is 5.64. The summed E-state index contributed by atoms with van der Waals surface area (Å²) in [6.07, 6.45) is 2.92. The molecule has 1 aliphatic heterocycles. The van der Waals surface area contributed by atoms with Crippen molar-refractivity contribution >= 4 is 11.7 Å². The van der Waals surface area contributed by atoms with E-state index >= 15 is 0 Å². The molecule has 0 atom stereocenters. The number of hydrogen-bond donors (Lipinski definition) is 0. The second-order valence-electron chi connectivity index (χ2n) is 9.05. The van der Waals surface area contributed by atoms with E-state index in [9.17, 15) is 4.79 Å². The van der Waals surface area contributed by atoms with E-state index in [1.807, 2.05) is 11.0 Å². The molecule has 2 fully saturated rings. The first kappa shape index (κ1) is 20.7. The van der Waals surface area contributed by atoms with Gasteiger partial charge in [-0.25, -0.2) is 9.97 Å². The lowest BCUT2D eigenvalue weighted by molar-refractivity contribution is -0.132. The molecule has 1 amide bonds. The van der Waals surface area contributed by atoms with Crippen molar-refractivity contribution in [2.75, 3.05) is 31.1 Å². The van der Waals surface area contributed by atoms with Crippen LogP contribution in [0.3, 0.4) is 0 Å². The largest absolute Gasteiger partial charge is 0.353 e.